The number of nitrogens with zero attached hydrogens (tertiary/aromatic N) is 4. The molecule has 0 aliphatic rings. The molecule has 6 nitrogen and oxygen atoms in total. The Bertz CT molecular complexity index is 470. The van der Waals surface area contributed by atoms with Crippen LogP contribution in [-0.4, -0.2) is 26.3 Å². The van der Waals surface area contributed by atoms with Crippen molar-refractivity contribution in [3.05, 3.63) is 29.3 Å². The molecule has 0 aliphatic carbocycles. The van der Waals surface area contributed by atoms with E-state index in [1.165, 1.54) is 6.33 Å². The van der Waals surface area contributed by atoms with Gasteiger partial charge in [-0.25, -0.2) is 9.97 Å². The number of hydrogen-bond acceptors (Lipinski definition) is 5. The summed E-state index contributed by atoms with van der Waals surface area (Å²) in [6, 6.07) is 1.91. The Hall–Kier alpha value is -1.63. The van der Waals surface area contributed by atoms with E-state index >= 15 is 0 Å². The lowest BCUT2D eigenvalue weighted by atomic mass is 10.4. The molecule has 0 fully saturated rings. The molecule has 0 saturated carbocycles. The molecule has 3 N–H and O–H groups in total. The highest BCUT2D eigenvalue weighted by molar-refractivity contribution is 9.10. The van der Waals surface area contributed by atoms with Gasteiger partial charge < -0.3 is 11.1 Å². The Morgan fingerprint density at radius 2 is 2.29 bits per heavy atom. The summed E-state index contributed by atoms with van der Waals surface area (Å²) in [6.07, 6.45) is 6.11. The van der Waals surface area contributed by atoms with Crippen LogP contribution in [0.5, 0.6) is 0 Å². The molecular formula is C10H13BrN6. The summed E-state index contributed by atoms with van der Waals surface area (Å²) >= 11 is 3.34. The van der Waals surface area contributed by atoms with Gasteiger partial charge in [-0.2, -0.15) is 5.10 Å². The van der Waals surface area contributed by atoms with Crippen LogP contribution in [0.4, 0.5) is 11.6 Å². The number of hydrogen-bond donors (Lipinski definition) is 2. The number of nitrogens with two attached hydrogens (primary N) is 1. The summed E-state index contributed by atoms with van der Waals surface area (Å²) < 4.78 is 2.60. The summed E-state index contributed by atoms with van der Waals surface area (Å²) in [4.78, 5) is 7.98. The molecule has 2 rings (SSSR count). The highest BCUT2D eigenvalue weighted by atomic mass is 79.9. The van der Waals surface area contributed by atoms with Gasteiger partial charge in [0.05, 0.1) is 0 Å². The van der Waals surface area contributed by atoms with E-state index in [9.17, 15) is 0 Å². The van der Waals surface area contributed by atoms with Crippen molar-refractivity contribution in [2.24, 2.45) is 0 Å². The van der Waals surface area contributed by atoms with Gasteiger partial charge in [0.2, 0.25) is 0 Å². The molecule has 0 amide bonds. The fraction of sp³-hybridized carbons (Fsp3) is 0.300. The van der Waals surface area contributed by atoms with Crippen molar-refractivity contribution in [1.29, 1.82) is 0 Å². The second kappa shape index (κ2) is 5.62. The van der Waals surface area contributed by atoms with Gasteiger partial charge >= 0.3 is 0 Å². The van der Waals surface area contributed by atoms with Crippen LogP contribution in [0.15, 0.2) is 29.3 Å². The van der Waals surface area contributed by atoms with Crippen molar-refractivity contribution in [1.82, 2.24) is 19.7 Å². The number of nitrogen functional groups attached to an aromatic ring is 1. The van der Waals surface area contributed by atoms with Gasteiger partial charge in [-0.15, -0.1) is 0 Å². The van der Waals surface area contributed by atoms with E-state index in [1.807, 2.05) is 16.9 Å². The van der Waals surface area contributed by atoms with E-state index in [-0.39, 0.29) is 0 Å². The number of aryl methyl sites for hydroxylation is 1. The standard InChI is InChI=1S/C10H13BrN6/c11-8-9(12)14-7-15-10(8)13-3-1-5-17-6-2-4-16-17/h2,4,6-7H,1,3,5H2,(H3,12,13,14,15). The molecule has 0 radical (unpaired) electrons. The highest BCUT2D eigenvalue weighted by Gasteiger charge is 2.04. The minimum atomic E-state index is 0.439. The summed E-state index contributed by atoms with van der Waals surface area (Å²) in [5, 5.41) is 7.32. The third-order valence-corrected chi connectivity index (χ3v) is 3.01. The smallest absolute Gasteiger partial charge is 0.145 e. The quantitative estimate of drug-likeness (QED) is 0.818. The second-order valence-corrected chi connectivity index (χ2v) is 4.26. The predicted molar refractivity (Wildman–Crippen MR) is 69.5 cm³/mol. The average Bonchev–Trinajstić information content (AvgIpc) is 2.83. The van der Waals surface area contributed by atoms with E-state index in [0.717, 1.165) is 25.3 Å². The summed E-state index contributed by atoms with van der Waals surface area (Å²) in [5.74, 6) is 1.16. The van der Waals surface area contributed by atoms with Crippen LogP contribution < -0.4 is 11.1 Å². The fourth-order valence-corrected chi connectivity index (χ4v) is 1.73. The van der Waals surface area contributed by atoms with E-state index in [4.69, 9.17) is 5.73 Å². The zero-order valence-corrected chi connectivity index (χ0v) is 10.8. The first kappa shape index (κ1) is 11.8. The topological polar surface area (TPSA) is 81.6 Å². The van der Waals surface area contributed by atoms with Crippen LogP contribution in [0, 0.1) is 0 Å². The molecule has 0 unspecified atom stereocenters. The molecule has 2 aromatic rings. The molecule has 0 saturated heterocycles. The van der Waals surface area contributed by atoms with E-state index in [0.29, 0.717) is 10.3 Å². The average molecular weight is 297 g/mol. The van der Waals surface area contributed by atoms with Gasteiger partial charge in [0.25, 0.3) is 0 Å². The maximum absolute atomic E-state index is 5.65. The molecule has 90 valence electrons. The third-order valence-electron chi connectivity index (χ3n) is 2.23. The van der Waals surface area contributed by atoms with Crippen LogP contribution in [0.3, 0.4) is 0 Å². The number of anilines is 2. The maximum atomic E-state index is 5.65. The zero-order chi connectivity index (χ0) is 12.1. The van der Waals surface area contributed by atoms with Gasteiger partial charge in [-0.3, -0.25) is 4.68 Å². The van der Waals surface area contributed by atoms with Gasteiger partial charge in [0.1, 0.15) is 22.4 Å². The molecule has 0 aliphatic heterocycles. The highest BCUT2D eigenvalue weighted by Crippen LogP contribution is 2.23. The van der Waals surface area contributed by atoms with Crippen molar-refractivity contribution >= 4 is 27.6 Å². The number of nitrogens with one attached hydrogen (secondary N) is 1. The van der Waals surface area contributed by atoms with Crippen LogP contribution in [-0.2, 0) is 6.54 Å². The minimum Gasteiger partial charge on any atom is -0.383 e. The SMILES string of the molecule is Nc1ncnc(NCCCn2cccn2)c1Br. The fourth-order valence-electron chi connectivity index (χ4n) is 1.39. The molecule has 17 heavy (non-hydrogen) atoms. The van der Waals surface area contributed by atoms with Gasteiger partial charge in [0, 0.05) is 25.5 Å². The van der Waals surface area contributed by atoms with E-state index < -0.39 is 0 Å². The molecule has 0 bridgehead atoms. The lowest BCUT2D eigenvalue weighted by molar-refractivity contribution is 0.591. The normalized spacial score (nSPS) is 10.4. The molecule has 2 heterocycles. The Labute approximate surface area is 107 Å². The van der Waals surface area contributed by atoms with Gasteiger partial charge in [0.15, 0.2) is 0 Å². The Morgan fingerprint density at radius 3 is 3.06 bits per heavy atom. The van der Waals surface area contributed by atoms with E-state index in [2.05, 4.69) is 36.3 Å². The van der Waals surface area contributed by atoms with Crippen LogP contribution >= 0.6 is 15.9 Å². The lowest BCUT2D eigenvalue weighted by Crippen LogP contribution is -2.09. The zero-order valence-electron chi connectivity index (χ0n) is 9.17. The third kappa shape index (κ3) is 3.16. The summed E-state index contributed by atoms with van der Waals surface area (Å²) in [7, 11) is 0. The van der Waals surface area contributed by atoms with Crippen molar-refractivity contribution < 1.29 is 0 Å². The molecule has 2 aromatic heterocycles. The Morgan fingerprint density at radius 1 is 1.41 bits per heavy atom. The van der Waals surface area contributed by atoms with Crippen LogP contribution in [0.25, 0.3) is 0 Å². The summed E-state index contributed by atoms with van der Waals surface area (Å²) in [6.45, 7) is 1.67. The number of halogens is 1. The number of rotatable bonds is 5. The second-order valence-electron chi connectivity index (χ2n) is 3.47. The van der Waals surface area contributed by atoms with Crippen molar-refractivity contribution in [3.63, 3.8) is 0 Å². The number of aromatic nitrogens is 4. The van der Waals surface area contributed by atoms with Gasteiger partial charge in [-0.05, 0) is 28.4 Å². The maximum Gasteiger partial charge on any atom is 0.145 e. The van der Waals surface area contributed by atoms with Crippen molar-refractivity contribution in [3.8, 4) is 0 Å². The molecular weight excluding hydrogens is 284 g/mol. The molecule has 7 heteroatoms. The Balaban J connectivity index is 1.80. The molecule has 0 spiro atoms. The van der Waals surface area contributed by atoms with Crippen molar-refractivity contribution in [2.75, 3.05) is 17.6 Å². The minimum absolute atomic E-state index is 0.439. The summed E-state index contributed by atoms with van der Waals surface area (Å²) in [5.41, 5.74) is 5.65. The van der Waals surface area contributed by atoms with E-state index in [1.54, 1.807) is 6.20 Å². The first-order chi connectivity index (χ1) is 8.27. The monoisotopic (exact) mass is 296 g/mol. The molecule has 0 aromatic carbocycles. The predicted octanol–water partition coefficient (Wildman–Crippen LogP) is 1.52. The van der Waals surface area contributed by atoms with Gasteiger partial charge in [-0.1, -0.05) is 0 Å². The van der Waals surface area contributed by atoms with Crippen LogP contribution in [0.2, 0.25) is 0 Å². The van der Waals surface area contributed by atoms with Crippen molar-refractivity contribution in [2.45, 2.75) is 13.0 Å². The lowest BCUT2D eigenvalue weighted by Gasteiger charge is -2.08. The first-order valence-electron chi connectivity index (χ1n) is 5.24. The molecule has 0 atom stereocenters. The Kier molecular flexibility index (Phi) is 3.92. The largest absolute Gasteiger partial charge is 0.383 e. The van der Waals surface area contributed by atoms with Crippen LogP contribution in [0.1, 0.15) is 6.42 Å². The first-order valence-corrected chi connectivity index (χ1v) is 6.04.